The number of aryl methyl sites for hydroxylation is 1. The molecular weight excluding hydrogens is 326 g/mol. The van der Waals surface area contributed by atoms with Gasteiger partial charge in [0.05, 0.1) is 5.69 Å². The minimum absolute atomic E-state index is 0.126. The maximum absolute atomic E-state index is 12.7. The van der Waals surface area contributed by atoms with Crippen LogP contribution in [0.2, 0.25) is 0 Å². The third-order valence-electron chi connectivity index (χ3n) is 3.93. The molecule has 0 saturated carbocycles. The van der Waals surface area contributed by atoms with Crippen LogP contribution in [0.15, 0.2) is 78.9 Å². The van der Waals surface area contributed by atoms with Gasteiger partial charge in [-0.15, -0.1) is 0 Å². The van der Waals surface area contributed by atoms with E-state index in [1.54, 1.807) is 36.4 Å². The van der Waals surface area contributed by atoms with Crippen LogP contribution in [0.3, 0.4) is 0 Å². The summed E-state index contributed by atoms with van der Waals surface area (Å²) in [7, 11) is 0. The number of hydrogen-bond donors (Lipinski definition) is 1. The number of ketones is 1. The lowest BCUT2D eigenvalue weighted by atomic mass is 10.0. The first-order valence-corrected chi connectivity index (χ1v) is 8.32. The molecule has 4 nitrogen and oxygen atoms in total. The number of rotatable bonds is 6. The Balaban J connectivity index is 1.71. The number of hydrogen-bond acceptors (Lipinski definition) is 3. The van der Waals surface area contributed by atoms with Crippen LogP contribution in [-0.4, -0.2) is 18.3 Å². The normalized spacial score (nSPS) is 10.2. The third-order valence-corrected chi connectivity index (χ3v) is 3.93. The fourth-order valence-corrected chi connectivity index (χ4v) is 2.58. The lowest BCUT2D eigenvalue weighted by Gasteiger charge is -2.12. The van der Waals surface area contributed by atoms with E-state index < -0.39 is 0 Å². The summed E-state index contributed by atoms with van der Waals surface area (Å²) >= 11 is 0. The predicted octanol–water partition coefficient (Wildman–Crippen LogP) is 4.24. The van der Waals surface area contributed by atoms with Crippen LogP contribution in [0, 0.1) is 6.92 Å². The number of ether oxygens (including phenoxy) is 1. The standard InChI is InChI=1S/C22H19NO3/c1-16-9-5-8-14-20(16)26-15-21(24)23-19-13-7-6-12-18(19)22(25)17-10-3-2-4-11-17/h2-14H,15H2,1H3,(H,23,24). The fourth-order valence-electron chi connectivity index (χ4n) is 2.58. The van der Waals surface area contributed by atoms with E-state index in [1.807, 2.05) is 49.4 Å². The second-order valence-electron chi connectivity index (χ2n) is 5.84. The van der Waals surface area contributed by atoms with E-state index in [0.29, 0.717) is 22.6 Å². The molecule has 130 valence electrons. The van der Waals surface area contributed by atoms with Gasteiger partial charge >= 0.3 is 0 Å². The Hall–Kier alpha value is -3.40. The third kappa shape index (κ3) is 4.16. The zero-order valence-corrected chi connectivity index (χ0v) is 14.4. The molecule has 0 heterocycles. The van der Waals surface area contributed by atoms with Gasteiger partial charge in [-0.25, -0.2) is 0 Å². The lowest BCUT2D eigenvalue weighted by Crippen LogP contribution is -2.21. The SMILES string of the molecule is Cc1ccccc1OCC(=O)Nc1ccccc1C(=O)c1ccccc1. The van der Waals surface area contributed by atoms with Crippen molar-refractivity contribution in [3.8, 4) is 5.75 Å². The fraction of sp³-hybridized carbons (Fsp3) is 0.0909. The number of nitrogens with one attached hydrogen (secondary N) is 1. The van der Waals surface area contributed by atoms with Crippen molar-refractivity contribution in [3.05, 3.63) is 95.6 Å². The molecule has 3 aromatic carbocycles. The summed E-state index contributed by atoms with van der Waals surface area (Å²) < 4.78 is 5.56. The predicted molar refractivity (Wildman–Crippen MR) is 102 cm³/mol. The van der Waals surface area contributed by atoms with E-state index in [9.17, 15) is 9.59 Å². The van der Waals surface area contributed by atoms with Crippen LogP contribution >= 0.6 is 0 Å². The molecule has 1 amide bonds. The van der Waals surface area contributed by atoms with Gasteiger partial charge in [-0.1, -0.05) is 60.7 Å². The van der Waals surface area contributed by atoms with Crippen molar-refractivity contribution in [1.82, 2.24) is 0 Å². The molecule has 1 N–H and O–H groups in total. The Bertz CT molecular complexity index is 919. The second-order valence-corrected chi connectivity index (χ2v) is 5.84. The second kappa shape index (κ2) is 8.12. The first-order valence-electron chi connectivity index (χ1n) is 8.32. The van der Waals surface area contributed by atoms with Gasteiger partial charge in [0, 0.05) is 11.1 Å². The van der Waals surface area contributed by atoms with Gasteiger partial charge < -0.3 is 10.1 Å². The molecular formula is C22H19NO3. The molecule has 0 saturated heterocycles. The largest absolute Gasteiger partial charge is 0.483 e. The Morgan fingerprint density at radius 3 is 2.27 bits per heavy atom. The van der Waals surface area contributed by atoms with Gasteiger partial charge in [0.25, 0.3) is 5.91 Å². The van der Waals surface area contributed by atoms with Crippen molar-refractivity contribution in [1.29, 1.82) is 0 Å². The molecule has 0 fully saturated rings. The molecule has 26 heavy (non-hydrogen) atoms. The number of amides is 1. The summed E-state index contributed by atoms with van der Waals surface area (Å²) in [5, 5.41) is 2.77. The van der Waals surface area contributed by atoms with Crippen molar-refractivity contribution < 1.29 is 14.3 Å². The van der Waals surface area contributed by atoms with Gasteiger partial charge in [0.1, 0.15) is 5.75 Å². The molecule has 0 aliphatic rings. The van der Waals surface area contributed by atoms with E-state index in [1.165, 1.54) is 0 Å². The number of carbonyl (C=O) groups is 2. The molecule has 0 aliphatic carbocycles. The summed E-state index contributed by atoms with van der Waals surface area (Å²) in [5.74, 6) is 0.208. The molecule has 0 aromatic heterocycles. The quantitative estimate of drug-likeness (QED) is 0.680. The first-order chi connectivity index (χ1) is 12.6. The average molecular weight is 345 g/mol. The van der Waals surface area contributed by atoms with Gasteiger partial charge in [-0.2, -0.15) is 0 Å². The summed E-state index contributed by atoms with van der Waals surface area (Å²) in [5.41, 5.74) is 2.45. The highest BCUT2D eigenvalue weighted by atomic mass is 16.5. The number of carbonyl (C=O) groups excluding carboxylic acids is 2. The highest BCUT2D eigenvalue weighted by Gasteiger charge is 2.15. The van der Waals surface area contributed by atoms with E-state index >= 15 is 0 Å². The van der Waals surface area contributed by atoms with E-state index in [2.05, 4.69) is 5.32 Å². The summed E-state index contributed by atoms with van der Waals surface area (Å²) in [6.45, 7) is 1.79. The monoisotopic (exact) mass is 345 g/mol. The molecule has 3 rings (SSSR count). The highest BCUT2D eigenvalue weighted by Crippen LogP contribution is 2.20. The minimum Gasteiger partial charge on any atom is -0.483 e. The van der Waals surface area contributed by atoms with E-state index in [-0.39, 0.29) is 18.3 Å². The van der Waals surface area contributed by atoms with Gasteiger partial charge in [-0.05, 0) is 30.7 Å². The molecule has 0 spiro atoms. The van der Waals surface area contributed by atoms with Crippen molar-refractivity contribution in [2.45, 2.75) is 6.92 Å². The average Bonchev–Trinajstić information content (AvgIpc) is 2.68. The van der Waals surface area contributed by atoms with Crippen LogP contribution < -0.4 is 10.1 Å². The Labute approximate surface area is 152 Å². The van der Waals surface area contributed by atoms with Crippen molar-refractivity contribution in [3.63, 3.8) is 0 Å². The van der Waals surface area contributed by atoms with Crippen LogP contribution in [0.25, 0.3) is 0 Å². The number of anilines is 1. The minimum atomic E-state index is -0.318. The summed E-state index contributed by atoms with van der Waals surface area (Å²) in [4.78, 5) is 25.0. The van der Waals surface area contributed by atoms with Crippen LogP contribution in [0.5, 0.6) is 5.75 Å². The summed E-state index contributed by atoms with van der Waals surface area (Å²) in [6.07, 6.45) is 0. The molecule has 0 bridgehead atoms. The van der Waals surface area contributed by atoms with Crippen LogP contribution in [-0.2, 0) is 4.79 Å². The van der Waals surface area contributed by atoms with Gasteiger partial charge in [0.2, 0.25) is 0 Å². The van der Waals surface area contributed by atoms with Gasteiger partial charge in [-0.3, -0.25) is 9.59 Å². The Morgan fingerprint density at radius 2 is 1.50 bits per heavy atom. The Morgan fingerprint density at radius 1 is 0.846 bits per heavy atom. The smallest absolute Gasteiger partial charge is 0.262 e. The molecule has 0 radical (unpaired) electrons. The van der Waals surface area contributed by atoms with E-state index in [4.69, 9.17) is 4.74 Å². The zero-order chi connectivity index (χ0) is 18.4. The topological polar surface area (TPSA) is 55.4 Å². The summed E-state index contributed by atoms with van der Waals surface area (Å²) in [6, 6.07) is 23.4. The van der Waals surface area contributed by atoms with Gasteiger partial charge in [0.15, 0.2) is 12.4 Å². The molecule has 4 heteroatoms. The maximum atomic E-state index is 12.7. The maximum Gasteiger partial charge on any atom is 0.262 e. The molecule has 0 aliphatic heterocycles. The van der Waals surface area contributed by atoms with Crippen molar-refractivity contribution >= 4 is 17.4 Å². The molecule has 3 aromatic rings. The number of benzene rings is 3. The van der Waals surface area contributed by atoms with Crippen LogP contribution in [0.1, 0.15) is 21.5 Å². The molecule has 0 atom stereocenters. The van der Waals surface area contributed by atoms with Crippen molar-refractivity contribution in [2.75, 3.05) is 11.9 Å². The first kappa shape index (κ1) is 17.4. The van der Waals surface area contributed by atoms with E-state index in [0.717, 1.165) is 5.56 Å². The van der Waals surface area contributed by atoms with Crippen molar-refractivity contribution in [2.24, 2.45) is 0 Å². The zero-order valence-electron chi connectivity index (χ0n) is 14.4. The lowest BCUT2D eigenvalue weighted by molar-refractivity contribution is -0.118. The number of para-hydroxylation sites is 2. The Kier molecular flexibility index (Phi) is 5.44. The highest BCUT2D eigenvalue weighted by molar-refractivity contribution is 6.13. The molecule has 0 unspecified atom stereocenters. The van der Waals surface area contributed by atoms with Crippen LogP contribution in [0.4, 0.5) is 5.69 Å².